The zero-order valence-electron chi connectivity index (χ0n) is 15.0. The van der Waals surface area contributed by atoms with Gasteiger partial charge >= 0.3 is 5.97 Å². The molecule has 28 heavy (non-hydrogen) atoms. The van der Waals surface area contributed by atoms with E-state index in [0.29, 0.717) is 19.5 Å². The lowest BCUT2D eigenvalue weighted by molar-refractivity contribution is 0.0697. The summed E-state index contributed by atoms with van der Waals surface area (Å²) in [5.41, 5.74) is 3.43. The molecule has 138 valence electrons. The maximum Gasteiger partial charge on any atom is 0.335 e. The van der Waals surface area contributed by atoms with Gasteiger partial charge in [-0.3, -0.25) is 0 Å². The average molecular weight is 387 g/mol. The van der Waals surface area contributed by atoms with Gasteiger partial charge in [-0.25, -0.2) is 14.8 Å². The van der Waals surface area contributed by atoms with Crippen molar-refractivity contribution in [3.05, 3.63) is 82.0 Å². The molecule has 0 atom stereocenters. The summed E-state index contributed by atoms with van der Waals surface area (Å²) in [6.07, 6.45) is 2.51. The standard InChI is InChI=1S/C22H17N3O2S/c26-22(27)18-11-9-17(10-12-18)13-25-14-19-21(23-15-25)28-20(24-19)8-4-7-16-5-2-1-3-6-16/h1-3,5-6,9-12,15H,7,13-14H2,(H,26,27). The Bertz CT molecular complexity index is 1080. The van der Waals surface area contributed by atoms with Crippen molar-refractivity contribution in [2.75, 3.05) is 0 Å². The van der Waals surface area contributed by atoms with Gasteiger partial charge in [-0.15, -0.1) is 0 Å². The number of carboxylic acid groups (broad SMARTS) is 1. The first-order valence-corrected chi connectivity index (χ1v) is 9.62. The number of nitrogens with zero attached hydrogens (tertiary/aromatic N) is 3. The summed E-state index contributed by atoms with van der Waals surface area (Å²) in [4.78, 5) is 22.1. The van der Waals surface area contributed by atoms with Crippen LogP contribution in [0.5, 0.6) is 0 Å². The van der Waals surface area contributed by atoms with Gasteiger partial charge in [0.15, 0.2) is 5.01 Å². The van der Waals surface area contributed by atoms with Crippen molar-refractivity contribution in [2.24, 2.45) is 4.99 Å². The van der Waals surface area contributed by atoms with Crippen molar-refractivity contribution >= 4 is 28.6 Å². The van der Waals surface area contributed by atoms with Crippen LogP contribution in [-0.4, -0.2) is 27.3 Å². The molecule has 1 N–H and O–H groups in total. The SMILES string of the molecule is O=C(O)c1ccc(CN2C=Nc3sc(C#CCc4ccccc4)nc3C2)cc1. The number of aliphatic imine (C=N–C) groups is 1. The van der Waals surface area contributed by atoms with Crippen LogP contribution in [0.1, 0.15) is 32.2 Å². The molecule has 0 radical (unpaired) electrons. The quantitative estimate of drug-likeness (QED) is 0.684. The van der Waals surface area contributed by atoms with Gasteiger partial charge in [-0.2, -0.15) is 0 Å². The molecule has 0 saturated heterocycles. The first-order valence-electron chi connectivity index (χ1n) is 8.80. The molecule has 0 fully saturated rings. The second-order valence-corrected chi connectivity index (χ2v) is 7.36. The van der Waals surface area contributed by atoms with Crippen LogP contribution in [0.3, 0.4) is 0 Å². The largest absolute Gasteiger partial charge is 0.478 e. The molecular formula is C22H17N3O2S. The normalized spacial score (nSPS) is 12.2. The van der Waals surface area contributed by atoms with Crippen molar-refractivity contribution in [1.82, 2.24) is 9.88 Å². The van der Waals surface area contributed by atoms with Gasteiger partial charge in [-0.05, 0) is 29.2 Å². The Morgan fingerprint density at radius 1 is 1.11 bits per heavy atom. The van der Waals surface area contributed by atoms with Gasteiger partial charge in [-0.1, -0.05) is 59.7 Å². The van der Waals surface area contributed by atoms with E-state index in [1.165, 1.54) is 16.9 Å². The number of thiazole rings is 1. The van der Waals surface area contributed by atoms with Crippen LogP contribution in [0.2, 0.25) is 0 Å². The van der Waals surface area contributed by atoms with Crippen LogP contribution < -0.4 is 0 Å². The van der Waals surface area contributed by atoms with Crippen molar-refractivity contribution in [2.45, 2.75) is 19.5 Å². The summed E-state index contributed by atoms with van der Waals surface area (Å²) in [5, 5.41) is 10.7. The minimum Gasteiger partial charge on any atom is -0.478 e. The highest BCUT2D eigenvalue weighted by molar-refractivity contribution is 7.16. The molecular weight excluding hydrogens is 370 g/mol. The Morgan fingerprint density at radius 3 is 2.64 bits per heavy atom. The lowest BCUT2D eigenvalue weighted by atomic mass is 10.1. The fourth-order valence-electron chi connectivity index (χ4n) is 2.87. The summed E-state index contributed by atoms with van der Waals surface area (Å²) in [6, 6.07) is 17.0. The Hall–Kier alpha value is -3.43. The summed E-state index contributed by atoms with van der Waals surface area (Å²) in [6.45, 7) is 1.31. The van der Waals surface area contributed by atoms with Crippen molar-refractivity contribution in [1.29, 1.82) is 0 Å². The van der Waals surface area contributed by atoms with Crippen LogP contribution in [0.25, 0.3) is 0 Å². The van der Waals surface area contributed by atoms with Gasteiger partial charge in [0.2, 0.25) is 0 Å². The van der Waals surface area contributed by atoms with E-state index in [1.54, 1.807) is 12.1 Å². The lowest BCUT2D eigenvalue weighted by Gasteiger charge is -2.21. The van der Waals surface area contributed by atoms with E-state index in [1.807, 2.05) is 36.7 Å². The van der Waals surface area contributed by atoms with Crippen molar-refractivity contribution in [3.8, 4) is 11.8 Å². The zero-order valence-corrected chi connectivity index (χ0v) is 15.8. The third-order valence-electron chi connectivity index (χ3n) is 4.29. The molecule has 5 nitrogen and oxygen atoms in total. The minimum absolute atomic E-state index is 0.288. The van der Waals surface area contributed by atoms with E-state index in [4.69, 9.17) is 5.11 Å². The van der Waals surface area contributed by atoms with E-state index < -0.39 is 5.97 Å². The number of benzene rings is 2. The Kier molecular flexibility index (Phi) is 5.18. The number of carboxylic acids is 1. The molecule has 0 amide bonds. The van der Waals surface area contributed by atoms with Crippen LogP contribution in [0, 0.1) is 11.8 Å². The summed E-state index contributed by atoms with van der Waals surface area (Å²) < 4.78 is 0. The number of hydrogen-bond donors (Lipinski definition) is 1. The number of fused-ring (bicyclic) bond motifs is 1. The van der Waals surface area contributed by atoms with E-state index in [0.717, 1.165) is 21.3 Å². The van der Waals surface area contributed by atoms with Crippen molar-refractivity contribution in [3.63, 3.8) is 0 Å². The molecule has 4 rings (SSSR count). The van der Waals surface area contributed by atoms with E-state index in [-0.39, 0.29) is 5.56 Å². The van der Waals surface area contributed by atoms with Gasteiger partial charge in [0, 0.05) is 13.0 Å². The molecule has 1 aliphatic rings. The fourth-order valence-corrected chi connectivity index (χ4v) is 3.66. The average Bonchev–Trinajstić information content (AvgIpc) is 3.11. The van der Waals surface area contributed by atoms with Gasteiger partial charge < -0.3 is 10.0 Å². The smallest absolute Gasteiger partial charge is 0.335 e. The number of hydrogen-bond acceptors (Lipinski definition) is 5. The van der Waals surface area contributed by atoms with Crippen LogP contribution in [0.15, 0.2) is 59.6 Å². The Balaban J connectivity index is 1.40. The second kappa shape index (κ2) is 8.07. The fraction of sp³-hybridized carbons (Fsp3) is 0.136. The third kappa shape index (κ3) is 4.27. The van der Waals surface area contributed by atoms with Crippen LogP contribution in [-0.2, 0) is 19.5 Å². The molecule has 0 unspecified atom stereocenters. The number of carbonyl (C=O) groups is 1. The molecule has 6 heteroatoms. The monoisotopic (exact) mass is 387 g/mol. The molecule has 3 aromatic rings. The third-order valence-corrected chi connectivity index (χ3v) is 5.21. The topological polar surface area (TPSA) is 65.8 Å². The maximum absolute atomic E-state index is 10.9. The highest BCUT2D eigenvalue weighted by Gasteiger charge is 2.17. The van der Waals surface area contributed by atoms with E-state index in [2.05, 4.69) is 38.8 Å². The number of aromatic carboxylic acids is 1. The summed E-state index contributed by atoms with van der Waals surface area (Å²) in [7, 11) is 0. The molecule has 1 aromatic heterocycles. The van der Waals surface area contributed by atoms with Crippen LogP contribution in [0.4, 0.5) is 5.00 Å². The Morgan fingerprint density at radius 2 is 1.89 bits per heavy atom. The summed E-state index contributed by atoms with van der Waals surface area (Å²) in [5.74, 6) is 5.40. The molecule has 2 aromatic carbocycles. The highest BCUT2D eigenvalue weighted by Crippen LogP contribution is 2.31. The predicted molar refractivity (Wildman–Crippen MR) is 110 cm³/mol. The zero-order chi connectivity index (χ0) is 19.3. The first-order chi connectivity index (χ1) is 13.7. The molecule has 1 aliphatic heterocycles. The minimum atomic E-state index is -0.917. The van der Waals surface area contributed by atoms with Crippen LogP contribution >= 0.6 is 11.3 Å². The lowest BCUT2D eigenvalue weighted by Crippen LogP contribution is -2.23. The molecule has 2 heterocycles. The number of aromatic nitrogens is 1. The van der Waals surface area contributed by atoms with Crippen molar-refractivity contribution < 1.29 is 9.90 Å². The Labute approximate surface area is 167 Å². The second-order valence-electron chi connectivity index (χ2n) is 6.39. The number of rotatable bonds is 4. The highest BCUT2D eigenvalue weighted by atomic mass is 32.1. The summed E-state index contributed by atoms with van der Waals surface area (Å²) >= 11 is 1.51. The van der Waals surface area contributed by atoms with Gasteiger partial charge in [0.1, 0.15) is 5.00 Å². The first kappa shape index (κ1) is 18.0. The predicted octanol–water partition coefficient (Wildman–Crippen LogP) is 4.11. The van der Waals surface area contributed by atoms with E-state index in [9.17, 15) is 4.79 Å². The maximum atomic E-state index is 10.9. The molecule has 0 spiro atoms. The molecule has 0 bridgehead atoms. The van der Waals surface area contributed by atoms with E-state index >= 15 is 0 Å². The van der Waals surface area contributed by atoms with Gasteiger partial charge in [0.05, 0.1) is 24.1 Å². The van der Waals surface area contributed by atoms with Gasteiger partial charge in [0.25, 0.3) is 0 Å². The molecule has 0 aliphatic carbocycles. The molecule has 0 saturated carbocycles.